The third-order valence-corrected chi connectivity index (χ3v) is 8.06. The van der Waals surface area contributed by atoms with Gasteiger partial charge in [0.25, 0.3) is 0 Å². The molecule has 0 bridgehead atoms. The second-order valence-corrected chi connectivity index (χ2v) is 10.6. The molecule has 2 aliphatic heterocycles. The second-order valence-electron chi connectivity index (χ2n) is 9.77. The topological polar surface area (TPSA) is 71.6 Å². The van der Waals surface area contributed by atoms with Crippen molar-refractivity contribution in [2.24, 2.45) is 5.41 Å². The summed E-state index contributed by atoms with van der Waals surface area (Å²) in [4.78, 5) is 6.09. The van der Waals surface area contributed by atoms with Crippen molar-refractivity contribution in [2.75, 3.05) is 50.0 Å². The number of rotatable bonds is 7. The molecule has 35 heavy (non-hydrogen) atoms. The molecule has 0 aliphatic carbocycles. The molecule has 0 saturated carbocycles. The van der Waals surface area contributed by atoms with Crippen molar-refractivity contribution in [3.63, 3.8) is 0 Å². The number of nitrogens with one attached hydrogen (secondary N) is 1. The van der Waals surface area contributed by atoms with Crippen LogP contribution >= 0.6 is 11.9 Å². The number of anilines is 2. The minimum atomic E-state index is 0.514. The largest absolute Gasteiger partial charge is 0.496 e. The second kappa shape index (κ2) is 9.13. The highest BCUT2D eigenvalue weighted by molar-refractivity contribution is 8.00. The molecule has 2 fully saturated rings. The van der Waals surface area contributed by atoms with Crippen LogP contribution in [0.5, 0.6) is 5.75 Å². The van der Waals surface area contributed by atoms with Gasteiger partial charge in [0.15, 0.2) is 11.4 Å². The third-order valence-electron chi connectivity index (χ3n) is 7.27. The summed E-state index contributed by atoms with van der Waals surface area (Å²) < 4.78 is 16.6. The van der Waals surface area contributed by atoms with Crippen molar-refractivity contribution in [2.45, 2.75) is 24.3 Å². The molecule has 4 heterocycles. The van der Waals surface area contributed by atoms with Gasteiger partial charge in [-0.05, 0) is 86.9 Å². The molecule has 0 radical (unpaired) electrons. The number of nitrogens with zero attached hydrogens (tertiary/aromatic N) is 5. The lowest BCUT2D eigenvalue weighted by molar-refractivity contribution is 0.0906. The van der Waals surface area contributed by atoms with E-state index >= 15 is 0 Å². The monoisotopic (exact) mass is 490 g/mol. The van der Waals surface area contributed by atoms with Crippen molar-refractivity contribution in [1.29, 1.82) is 0 Å². The molecular weight excluding hydrogens is 460 g/mol. The van der Waals surface area contributed by atoms with Crippen molar-refractivity contribution < 1.29 is 9.26 Å². The number of ether oxygens (including phenoxy) is 1. The van der Waals surface area contributed by atoms with Gasteiger partial charge in [-0.1, -0.05) is 11.2 Å². The summed E-state index contributed by atoms with van der Waals surface area (Å²) in [7, 11) is 3.90. The van der Waals surface area contributed by atoms with Crippen LogP contribution in [-0.2, 0) is 6.54 Å². The summed E-state index contributed by atoms with van der Waals surface area (Å²) in [6.45, 7) is 5.39. The molecule has 0 atom stereocenters. The standard InChI is InChI=1S/C26H30N6O2S/c1-30-11-7-26(8-12-30)17-31(18-26)20-5-3-6-21(15-20)35-29-25-24-22(33-2)13-19(14-23(24)34-28-25)16-32-10-4-9-27-32/h3-6,9-10,13-15H,7-8,11-12,16-18H2,1-2H3,(H,28,29). The highest BCUT2D eigenvalue weighted by Crippen LogP contribution is 2.43. The molecule has 2 aromatic carbocycles. The van der Waals surface area contributed by atoms with Crippen LogP contribution in [0, 0.1) is 5.41 Å². The first kappa shape index (κ1) is 22.3. The maximum absolute atomic E-state index is 5.68. The van der Waals surface area contributed by atoms with Gasteiger partial charge < -0.3 is 23.8 Å². The Morgan fingerprint density at radius 3 is 2.77 bits per heavy atom. The SMILES string of the molecule is COc1cc(Cn2cccn2)cc2onc(NSc3cccc(N4CC5(CCN(C)CC5)C4)c3)c12. The predicted molar refractivity (Wildman–Crippen MR) is 139 cm³/mol. The van der Waals surface area contributed by atoms with Gasteiger partial charge in [-0.25, -0.2) is 0 Å². The Labute approximate surface area is 209 Å². The lowest BCUT2D eigenvalue weighted by Crippen LogP contribution is -2.60. The molecule has 0 unspecified atom stereocenters. The highest BCUT2D eigenvalue weighted by atomic mass is 32.2. The average Bonchev–Trinajstić information content (AvgIpc) is 3.52. The van der Waals surface area contributed by atoms with Crippen LogP contribution in [0.4, 0.5) is 11.5 Å². The number of benzene rings is 2. The molecule has 1 N–H and O–H groups in total. The molecule has 8 nitrogen and oxygen atoms in total. The molecule has 2 aromatic heterocycles. The van der Waals surface area contributed by atoms with Gasteiger partial charge in [0.2, 0.25) is 0 Å². The van der Waals surface area contributed by atoms with E-state index in [-0.39, 0.29) is 0 Å². The number of fused-ring (bicyclic) bond motifs is 1. The summed E-state index contributed by atoms with van der Waals surface area (Å²) in [5.41, 5.74) is 3.53. The summed E-state index contributed by atoms with van der Waals surface area (Å²) in [5.74, 6) is 1.39. The number of piperidine rings is 1. The Kier molecular flexibility index (Phi) is 5.82. The Bertz CT molecular complexity index is 1300. The average molecular weight is 491 g/mol. The third kappa shape index (κ3) is 4.46. The van der Waals surface area contributed by atoms with E-state index in [1.54, 1.807) is 13.3 Å². The maximum Gasteiger partial charge on any atom is 0.191 e. The Hall–Kier alpha value is -3.17. The van der Waals surface area contributed by atoms with Gasteiger partial charge in [-0.15, -0.1) is 0 Å². The van der Waals surface area contributed by atoms with Gasteiger partial charge in [-0.2, -0.15) is 5.10 Å². The molecule has 6 rings (SSSR count). The maximum atomic E-state index is 5.68. The zero-order chi connectivity index (χ0) is 23.8. The normalized spacial score (nSPS) is 17.6. The predicted octanol–water partition coefficient (Wildman–Crippen LogP) is 4.73. The summed E-state index contributed by atoms with van der Waals surface area (Å²) >= 11 is 1.54. The van der Waals surface area contributed by atoms with Crippen LogP contribution in [0.1, 0.15) is 18.4 Å². The van der Waals surface area contributed by atoms with Crippen LogP contribution in [0.2, 0.25) is 0 Å². The number of aromatic nitrogens is 3. The fraction of sp³-hybridized carbons (Fsp3) is 0.385. The Balaban J connectivity index is 1.14. The fourth-order valence-electron chi connectivity index (χ4n) is 5.20. The van der Waals surface area contributed by atoms with Crippen molar-refractivity contribution >= 4 is 34.4 Å². The van der Waals surface area contributed by atoms with Gasteiger partial charge in [0.1, 0.15) is 11.1 Å². The fourth-order valence-corrected chi connectivity index (χ4v) is 5.88. The van der Waals surface area contributed by atoms with Crippen molar-refractivity contribution in [3.8, 4) is 5.75 Å². The van der Waals surface area contributed by atoms with Crippen LogP contribution in [0.25, 0.3) is 11.0 Å². The minimum absolute atomic E-state index is 0.514. The van der Waals surface area contributed by atoms with Gasteiger partial charge in [0, 0.05) is 41.5 Å². The first-order valence-corrected chi connectivity index (χ1v) is 12.8. The van der Waals surface area contributed by atoms with E-state index in [1.165, 1.54) is 43.6 Å². The molecule has 2 aliphatic rings. The van der Waals surface area contributed by atoms with E-state index in [0.29, 0.717) is 23.4 Å². The molecular formula is C26H30N6O2S. The number of hydrogen-bond acceptors (Lipinski definition) is 8. The Morgan fingerprint density at radius 2 is 2.00 bits per heavy atom. The summed E-state index contributed by atoms with van der Waals surface area (Å²) in [5, 5.41) is 9.40. The zero-order valence-corrected chi connectivity index (χ0v) is 20.9. The smallest absolute Gasteiger partial charge is 0.191 e. The van der Waals surface area contributed by atoms with E-state index in [1.807, 2.05) is 29.1 Å². The first-order chi connectivity index (χ1) is 17.1. The zero-order valence-electron chi connectivity index (χ0n) is 20.1. The van der Waals surface area contributed by atoms with Crippen LogP contribution in [0.3, 0.4) is 0 Å². The van der Waals surface area contributed by atoms with Crippen LogP contribution < -0.4 is 14.4 Å². The molecule has 4 aromatic rings. The minimum Gasteiger partial charge on any atom is -0.496 e. The lowest BCUT2D eigenvalue weighted by Gasteiger charge is -2.54. The molecule has 1 spiro atoms. The molecule has 182 valence electrons. The highest BCUT2D eigenvalue weighted by Gasteiger charge is 2.44. The number of hydrogen-bond donors (Lipinski definition) is 1. The first-order valence-electron chi connectivity index (χ1n) is 12.0. The molecule has 9 heteroatoms. The van der Waals surface area contributed by atoms with Crippen LogP contribution in [0.15, 0.2) is 64.3 Å². The molecule has 2 saturated heterocycles. The van der Waals surface area contributed by atoms with E-state index in [9.17, 15) is 0 Å². The van der Waals surface area contributed by atoms with Crippen molar-refractivity contribution in [1.82, 2.24) is 19.8 Å². The van der Waals surface area contributed by atoms with Gasteiger partial charge in [-0.3, -0.25) is 4.68 Å². The Morgan fingerprint density at radius 1 is 1.14 bits per heavy atom. The van der Waals surface area contributed by atoms with Gasteiger partial charge >= 0.3 is 0 Å². The lowest BCUT2D eigenvalue weighted by atomic mass is 9.72. The number of methoxy groups -OCH3 is 1. The van der Waals surface area contributed by atoms with E-state index in [4.69, 9.17) is 9.26 Å². The molecule has 0 amide bonds. The van der Waals surface area contributed by atoms with E-state index < -0.39 is 0 Å². The van der Waals surface area contributed by atoms with Crippen LogP contribution in [-0.4, -0.2) is 60.2 Å². The van der Waals surface area contributed by atoms with E-state index in [2.05, 4.69) is 56.1 Å². The summed E-state index contributed by atoms with van der Waals surface area (Å²) in [6, 6.07) is 14.6. The van der Waals surface area contributed by atoms with E-state index in [0.717, 1.165) is 34.7 Å². The van der Waals surface area contributed by atoms with Crippen molar-refractivity contribution in [3.05, 3.63) is 60.4 Å². The number of likely N-dealkylation sites (tertiary alicyclic amines) is 1. The van der Waals surface area contributed by atoms with Gasteiger partial charge in [0.05, 0.1) is 13.7 Å². The summed E-state index contributed by atoms with van der Waals surface area (Å²) in [6.07, 6.45) is 6.32. The quantitative estimate of drug-likeness (QED) is 0.373.